The van der Waals surface area contributed by atoms with E-state index in [-0.39, 0.29) is 11.2 Å². The van der Waals surface area contributed by atoms with Gasteiger partial charge in [0.1, 0.15) is 11.5 Å². The number of alkyl halides is 2. The molecule has 0 radical (unpaired) electrons. The lowest BCUT2D eigenvalue weighted by molar-refractivity contribution is -0.159. The van der Waals surface area contributed by atoms with Gasteiger partial charge >= 0.3 is 6.11 Å². The van der Waals surface area contributed by atoms with Crippen LogP contribution in [0.25, 0.3) is 5.70 Å². The van der Waals surface area contributed by atoms with Crippen LogP contribution in [0.1, 0.15) is 24.6 Å². The number of benzene rings is 1. The van der Waals surface area contributed by atoms with Crippen LogP contribution < -0.4 is 9.47 Å². The van der Waals surface area contributed by atoms with Gasteiger partial charge in [0.15, 0.2) is 0 Å². The van der Waals surface area contributed by atoms with Crippen LogP contribution in [0.2, 0.25) is 0 Å². The van der Waals surface area contributed by atoms with Gasteiger partial charge in [0.25, 0.3) is 0 Å². The third-order valence-electron chi connectivity index (χ3n) is 6.94. The molecule has 0 amide bonds. The van der Waals surface area contributed by atoms with Crippen molar-refractivity contribution in [3.63, 3.8) is 0 Å². The fraction of sp³-hybridized carbons (Fsp3) is 0.400. The van der Waals surface area contributed by atoms with Crippen LogP contribution in [0.5, 0.6) is 11.5 Å². The first-order valence-electron chi connectivity index (χ1n) is 11.3. The minimum atomic E-state index is -3.21. The van der Waals surface area contributed by atoms with E-state index in [4.69, 9.17) is 9.47 Å². The molecule has 1 saturated carbocycles. The molecule has 1 aromatic carbocycles. The first-order chi connectivity index (χ1) is 15.8. The number of aryl methyl sites for hydroxylation is 1. The van der Waals surface area contributed by atoms with E-state index in [1.54, 1.807) is 18.2 Å². The minimum absolute atomic E-state index is 0.0804. The van der Waals surface area contributed by atoms with E-state index in [1.807, 2.05) is 24.0 Å². The van der Waals surface area contributed by atoms with Gasteiger partial charge in [0.2, 0.25) is 0 Å². The number of halogens is 2. The third-order valence-corrected chi connectivity index (χ3v) is 6.94. The molecule has 3 aliphatic heterocycles. The Hall–Kier alpha value is -3.29. The molecule has 6 nitrogen and oxygen atoms in total. The number of fused-ring (bicyclic) bond motifs is 4. The summed E-state index contributed by atoms with van der Waals surface area (Å²) < 4.78 is 39.6. The Balaban J connectivity index is 1.23. The second-order valence-electron chi connectivity index (χ2n) is 9.46. The molecule has 2 aromatic rings. The number of allylic oxidation sites excluding steroid dienone is 3. The smallest absolute Gasteiger partial charge is 0.394 e. The Morgan fingerprint density at radius 2 is 2.06 bits per heavy atom. The molecule has 6 rings (SSSR count). The van der Waals surface area contributed by atoms with Gasteiger partial charge in [0, 0.05) is 62.1 Å². The molecule has 1 fully saturated rings. The molecule has 1 aromatic heterocycles. The summed E-state index contributed by atoms with van der Waals surface area (Å²) in [6.07, 6.45) is 10.2. The number of rotatable bonds is 5. The fourth-order valence-corrected chi connectivity index (χ4v) is 5.24. The van der Waals surface area contributed by atoms with Crippen molar-refractivity contribution in [2.75, 3.05) is 26.2 Å². The third kappa shape index (κ3) is 3.67. The summed E-state index contributed by atoms with van der Waals surface area (Å²) in [5.41, 5.74) is 4.12. The van der Waals surface area contributed by atoms with Crippen molar-refractivity contribution in [2.24, 2.45) is 5.92 Å². The largest absolute Gasteiger partial charge is 0.493 e. The van der Waals surface area contributed by atoms with Crippen LogP contribution in [0.15, 0.2) is 61.0 Å². The summed E-state index contributed by atoms with van der Waals surface area (Å²) in [6, 6.07) is 5.07. The molecule has 4 heterocycles. The summed E-state index contributed by atoms with van der Waals surface area (Å²) in [6.45, 7) is 6.01. The van der Waals surface area contributed by atoms with E-state index in [2.05, 4.69) is 39.3 Å². The first kappa shape index (κ1) is 20.3. The highest BCUT2D eigenvalue weighted by Crippen LogP contribution is 2.60. The van der Waals surface area contributed by atoms with Crippen molar-refractivity contribution in [3.8, 4) is 11.5 Å². The van der Waals surface area contributed by atoms with Crippen LogP contribution in [-0.4, -0.2) is 51.7 Å². The fourth-order valence-electron chi connectivity index (χ4n) is 5.24. The molecule has 0 spiro atoms. The summed E-state index contributed by atoms with van der Waals surface area (Å²) in [5, 5.41) is 0. The molecule has 33 heavy (non-hydrogen) atoms. The van der Waals surface area contributed by atoms with Crippen molar-refractivity contribution in [3.05, 3.63) is 72.2 Å². The Morgan fingerprint density at radius 1 is 1.21 bits per heavy atom. The predicted molar refractivity (Wildman–Crippen MR) is 120 cm³/mol. The molecule has 1 aliphatic carbocycles. The maximum atomic E-state index is 13.4. The molecular weight excluding hydrogens is 426 g/mol. The predicted octanol–water partition coefficient (Wildman–Crippen LogP) is 4.36. The van der Waals surface area contributed by atoms with E-state index in [0.717, 1.165) is 61.4 Å². The Bertz CT molecular complexity index is 1200. The maximum absolute atomic E-state index is 13.4. The Kier molecular flexibility index (Phi) is 4.38. The van der Waals surface area contributed by atoms with Crippen molar-refractivity contribution >= 4 is 5.70 Å². The van der Waals surface area contributed by atoms with E-state index in [0.29, 0.717) is 12.5 Å². The first-order valence-corrected chi connectivity index (χ1v) is 11.3. The lowest BCUT2D eigenvalue weighted by Gasteiger charge is -2.38. The van der Waals surface area contributed by atoms with Crippen molar-refractivity contribution in [1.29, 1.82) is 0 Å². The summed E-state index contributed by atoms with van der Waals surface area (Å²) in [4.78, 5) is 8.93. The quantitative estimate of drug-likeness (QED) is 0.675. The zero-order valence-electron chi connectivity index (χ0n) is 18.7. The minimum Gasteiger partial charge on any atom is -0.493 e. The Morgan fingerprint density at radius 3 is 2.85 bits per heavy atom. The van der Waals surface area contributed by atoms with Crippen molar-refractivity contribution < 1.29 is 18.3 Å². The van der Waals surface area contributed by atoms with Gasteiger partial charge < -0.3 is 23.8 Å². The van der Waals surface area contributed by atoms with Crippen molar-refractivity contribution in [1.82, 2.24) is 19.4 Å². The topological polar surface area (TPSA) is 42.8 Å². The van der Waals surface area contributed by atoms with Gasteiger partial charge in [-0.3, -0.25) is 0 Å². The molecule has 0 N–H and O–H groups in total. The SMILES string of the molecule is Cc1cn(C2=CN3CCN(C[C@]45C[C@H]4COc4ccc(OC(C)(F)F)cc45)C=C3C=C2)cn1. The second kappa shape index (κ2) is 7.10. The molecule has 4 aliphatic rings. The number of imidazole rings is 1. The van der Waals surface area contributed by atoms with Gasteiger partial charge in [-0.2, -0.15) is 8.78 Å². The average molecular weight is 453 g/mol. The second-order valence-corrected chi connectivity index (χ2v) is 9.46. The summed E-state index contributed by atoms with van der Waals surface area (Å²) in [7, 11) is 0. The van der Waals surface area contributed by atoms with E-state index >= 15 is 0 Å². The summed E-state index contributed by atoms with van der Waals surface area (Å²) >= 11 is 0. The number of aromatic nitrogens is 2. The van der Waals surface area contributed by atoms with Crippen LogP contribution in [-0.2, 0) is 5.41 Å². The highest BCUT2D eigenvalue weighted by atomic mass is 19.3. The Labute approximate surface area is 191 Å². The highest BCUT2D eigenvalue weighted by Gasteiger charge is 2.59. The van der Waals surface area contributed by atoms with E-state index in [9.17, 15) is 8.78 Å². The van der Waals surface area contributed by atoms with E-state index in [1.165, 1.54) is 0 Å². The average Bonchev–Trinajstić information content (AvgIpc) is 3.33. The number of hydrogen-bond acceptors (Lipinski definition) is 5. The van der Waals surface area contributed by atoms with Crippen LogP contribution >= 0.6 is 0 Å². The van der Waals surface area contributed by atoms with E-state index < -0.39 is 6.11 Å². The maximum Gasteiger partial charge on any atom is 0.394 e. The normalized spacial score (nSPS) is 25.4. The molecule has 0 bridgehead atoms. The number of hydrogen-bond donors (Lipinski definition) is 0. The lowest BCUT2D eigenvalue weighted by Crippen LogP contribution is -2.41. The van der Waals surface area contributed by atoms with Gasteiger partial charge in [0.05, 0.1) is 30.0 Å². The molecule has 172 valence electrons. The standard InChI is InChI=1S/C25H26F2N4O2/c1-17-11-31(16-28-17)20-4-3-19-12-29(7-8-30(19)13-20)15-25-10-18(25)14-32-23-6-5-21(9-22(23)25)33-24(2,26)27/h3-6,9,11-13,16,18H,7-8,10,14-15H2,1-2H3/t18-,25+/m0/s1. The number of ether oxygens (including phenoxy) is 2. The van der Waals surface area contributed by atoms with Crippen LogP contribution in [0, 0.1) is 12.8 Å². The van der Waals surface area contributed by atoms with Gasteiger partial charge in [-0.15, -0.1) is 0 Å². The highest BCUT2D eigenvalue weighted by molar-refractivity contribution is 5.61. The van der Waals surface area contributed by atoms with Crippen molar-refractivity contribution in [2.45, 2.75) is 31.8 Å². The molecular formula is C25H26F2N4O2. The van der Waals surface area contributed by atoms with Gasteiger partial charge in [-0.1, -0.05) is 0 Å². The molecule has 8 heteroatoms. The van der Waals surface area contributed by atoms with Gasteiger partial charge in [-0.25, -0.2) is 4.98 Å². The zero-order valence-corrected chi connectivity index (χ0v) is 18.7. The van der Waals surface area contributed by atoms with Gasteiger partial charge in [-0.05, 0) is 43.7 Å². The molecule has 0 saturated heterocycles. The molecule has 0 unspecified atom stereocenters. The number of nitrogens with zero attached hydrogens (tertiary/aromatic N) is 4. The van der Waals surface area contributed by atoms with Crippen LogP contribution in [0.3, 0.4) is 0 Å². The lowest BCUT2D eigenvalue weighted by atomic mass is 9.89. The zero-order chi connectivity index (χ0) is 22.8. The monoisotopic (exact) mass is 452 g/mol. The van der Waals surface area contributed by atoms with Crippen LogP contribution in [0.4, 0.5) is 8.78 Å². The molecule has 2 atom stereocenters. The summed E-state index contributed by atoms with van der Waals surface area (Å²) in [5.74, 6) is 1.36.